The summed E-state index contributed by atoms with van der Waals surface area (Å²) in [6, 6.07) is 3.94. The first kappa shape index (κ1) is 8.93. The van der Waals surface area contributed by atoms with Crippen molar-refractivity contribution in [3.05, 3.63) is 24.2 Å². The zero-order valence-electron chi connectivity index (χ0n) is 7.25. The van der Waals surface area contributed by atoms with Crippen LogP contribution in [0.2, 0.25) is 0 Å². The number of rotatable bonds is 5. The summed E-state index contributed by atoms with van der Waals surface area (Å²) >= 11 is 0. The van der Waals surface area contributed by atoms with Crippen LogP contribution >= 0.6 is 0 Å². The molecule has 0 saturated heterocycles. The lowest BCUT2D eigenvalue weighted by Gasteiger charge is -1.95. The van der Waals surface area contributed by atoms with Crippen LogP contribution in [0.15, 0.2) is 22.8 Å². The van der Waals surface area contributed by atoms with Gasteiger partial charge in [0.2, 0.25) is 0 Å². The molecule has 1 rings (SSSR count). The molecule has 1 nitrogen and oxygen atoms in total. The van der Waals surface area contributed by atoms with Crippen LogP contribution in [-0.2, 0) is 6.42 Å². The van der Waals surface area contributed by atoms with Gasteiger partial charge in [0.05, 0.1) is 6.26 Å². The van der Waals surface area contributed by atoms with Crippen LogP contribution in [0.1, 0.15) is 31.4 Å². The van der Waals surface area contributed by atoms with Crippen LogP contribution in [-0.4, -0.2) is 0 Å². The van der Waals surface area contributed by atoms with Gasteiger partial charge in [0.25, 0.3) is 0 Å². The van der Waals surface area contributed by atoms with Crippen molar-refractivity contribution < 1.29 is 4.42 Å². The minimum atomic E-state index is 0.901. The zero-order valence-corrected chi connectivity index (χ0v) is 7.25. The average molecular weight is 162 g/mol. The van der Waals surface area contributed by atoms with Crippen molar-refractivity contribution >= 4 is 0 Å². The molecule has 0 radical (unpaired) electrons. The molecule has 1 aromatic rings. The summed E-state index contributed by atoms with van der Waals surface area (Å²) in [4.78, 5) is 0. The highest BCUT2D eigenvalue weighted by Gasteiger charge is 1.94. The fourth-order valence-corrected chi connectivity index (χ4v) is 1.16. The fraction of sp³-hybridized carbons (Fsp3) is 0.455. The van der Waals surface area contributed by atoms with Gasteiger partial charge in [-0.15, -0.1) is 12.3 Å². The van der Waals surface area contributed by atoms with E-state index >= 15 is 0 Å². The molecule has 0 aliphatic heterocycles. The van der Waals surface area contributed by atoms with Crippen molar-refractivity contribution in [2.45, 2.75) is 32.1 Å². The Labute approximate surface area is 73.8 Å². The standard InChI is InChI=1S/C11H14O/c1-2-3-4-5-6-8-11-9-7-10-12-11/h1,7,9-10H,3-6,8H2. The van der Waals surface area contributed by atoms with Crippen LogP contribution in [0.5, 0.6) is 0 Å². The summed E-state index contributed by atoms with van der Waals surface area (Å²) < 4.78 is 5.20. The van der Waals surface area contributed by atoms with Crippen molar-refractivity contribution in [2.75, 3.05) is 0 Å². The second kappa shape index (κ2) is 5.49. The number of hydrogen-bond acceptors (Lipinski definition) is 1. The Kier molecular flexibility index (Phi) is 4.08. The van der Waals surface area contributed by atoms with Crippen molar-refractivity contribution in [1.29, 1.82) is 0 Å². The monoisotopic (exact) mass is 162 g/mol. The van der Waals surface area contributed by atoms with Gasteiger partial charge in [-0.2, -0.15) is 0 Å². The maximum Gasteiger partial charge on any atom is 0.103 e. The van der Waals surface area contributed by atoms with Gasteiger partial charge in [0.1, 0.15) is 5.76 Å². The number of terminal acetylenes is 1. The SMILES string of the molecule is C#CCCCCCc1ccco1. The van der Waals surface area contributed by atoms with E-state index in [9.17, 15) is 0 Å². The molecular weight excluding hydrogens is 148 g/mol. The Balaban J connectivity index is 2.01. The molecule has 1 heterocycles. The predicted molar refractivity (Wildman–Crippen MR) is 49.7 cm³/mol. The lowest BCUT2D eigenvalue weighted by molar-refractivity contribution is 0.496. The van der Waals surface area contributed by atoms with Crippen LogP contribution in [0.3, 0.4) is 0 Å². The summed E-state index contributed by atoms with van der Waals surface area (Å²) in [6.07, 6.45) is 12.3. The maximum absolute atomic E-state index is 5.20. The molecule has 0 N–H and O–H groups in total. The lowest BCUT2D eigenvalue weighted by Crippen LogP contribution is -1.82. The van der Waals surface area contributed by atoms with Crippen LogP contribution < -0.4 is 0 Å². The van der Waals surface area contributed by atoms with E-state index in [1.165, 1.54) is 12.8 Å². The zero-order chi connectivity index (χ0) is 8.65. The third-order valence-electron chi connectivity index (χ3n) is 1.82. The van der Waals surface area contributed by atoms with E-state index in [-0.39, 0.29) is 0 Å². The first-order chi connectivity index (χ1) is 5.93. The smallest absolute Gasteiger partial charge is 0.103 e. The van der Waals surface area contributed by atoms with E-state index in [0.717, 1.165) is 25.0 Å². The van der Waals surface area contributed by atoms with Gasteiger partial charge < -0.3 is 4.42 Å². The van der Waals surface area contributed by atoms with Gasteiger partial charge in [-0.25, -0.2) is 0 Å². The lowest BCUT2D eigenvalue weighted by atomic mass is 10.1. The molecule has 0 aliphatic carbocycles. The van der Waals surface area contributed by atoms with E-state index in [1.807, 2.05) is 12.1 Å². The third kappa shape index (κ3) is 3.30. The van der Waals surface area contributed by atoms with Gasteiger partial charge in [-0.1, -0.05) is 6.42 Å². The van der Waals surface area contributed by atoms with Gasteiger partial charge in [0.15, 0.2) is 0 Å². The molecule has 64 valence electrons. The number of aryl methyl sites for hydroxylation is 1. The minimum Gasteiger partial charge on any atom is -0.469 e. The van der Waals surface area contributed by atoms with Crippen molar-refractivity contribution in [1.82, 2.24) is 0 Å². The van der Waals surface area contributed by atoms with Gasteiger partial charge >= 0.3 is 0 Å². The van der Waals surface area contributed by atoms with E-state index < -0.39 is 0 Å². The number of hydrogen-bond donors (Lipinski definition) is 0. The molecular formula is C11H14O. The molecule has 0 saturated carbocycles. The van der Waals surface area contributed by atoms with Crippen molar-refractivity contribution in [3.8, 4) is 12.3 Å². The molecule has 0 bridgehead atoms. The van der Waals surface area contributed by atoms with Crippen LogP contribution in [0.25, 0.3) is 0 Å². The number of unbranched alkanes of at least 4 members (excludes halogenated alkanes) is 3. The highest BCUT2D eigenvalue weighted by atomic mass is 16.3. The topological polar surface area (TPSA) is 13.1 Å². The second-order valence-corrected chi connectivity index (χ2v) is 2.84. The van der Waals surface area contributed by atoms with E-state index in [0.29, 0.717) is 0 Å². The Bertz CT molecular complexity index is 228. The summed E-state index contributed by atoms with van der Waals surface area (Å²) in [6.45, 7) is 0. The first-order valence-corrected chi connectivity index (χ1v) is 4.39. The summed E-state index contributed by atoms with van der Waals surface area (Å²) in [7, 11) is 0. The third-order valence-corrected chi connectivity index (χ3v) is 1.82. The fourth-order valence-electron chi connectivity index (χ4n) is 1.16. The molecule has 0 spiro atoms. The average Bonchev–Trinajstić information content (AvgIpc) is 2.57. The molecule has 1 aromatic heterocycles. The summed E-state index contributed by atoms with van der Waals surface area (Å²) in [5, 5.41) is 0. The molecule has 0 aliphatic rings. The Hall–Kier alpha value is -1.16. The molecule has 1 heteroatoms. The maximum atomic E-state index is 5.20. The highest BCUT2D eigenvalue weighted by Crippen LogP contribution is 2.07. The molecule has 0 fully saturated rings. The van der Waals surface area contributed by atoms with E-state index in [2.05, 4.69) is 5.92 Å². The van der Waals surface area contributed by atoms with Crippen molar-refractivity contribution in [3.63, 3.8) is 0 Å². The molecule has 0 atom stereocenters. The highest BCUT2D eigenvalue weighted by molar-refractivity contribution is 4.97. The van der Waals surface area contributed by atoms with Gasteiger partial charge in [-0.05, 0) is 25.0 Å². The summed E-state index contributed by atoms with van der Waals surface area (Å²) in [5.41, 5.74) is 0. The predicted octanol–water partition coefficient (Wildman–Crippen LogP) is 3.02. The number of furan rings is 1. The second-order valence-electron chi connectivity index (χ2n) is 2.84. The minimum absolute atomic E-state index is 0.901. The normalized spacial score (nSPS) is 9.58. The van der Waals surface area contributed by atoms with Gasteiger partial charge in [-0.3, -0.25) is 0 Å². The molecule has 0 amide bonds. The Morgan fingerprint density at radius 3 is 2.92 bits per heavy atom. The van der Waals surface area contributed by atoms with E-state index in [1.54, 1.807) is 6.26 Å². The van der Waals surface area contributed by atoms with Gasteiger partial charge in [0, 0.05) is 12.8 Å². The Morgan fingerprint density at radius 1 is 1.33 bits per heavy atom. The molecule has 12 heavy (non-hydrogen) atoms. The van der Waals surface area contributed by atoms with Crippen LogP contribution in [0.4, 0.5) is 0 Å². The summed E-state index contributed by atoms with van der Waals surface area (Å²) in [5.74, 6) is 3.72. The van der Waals surface area contributed by atoms with E-state index in [4.69, 9.17) is 10.8 Å². The first-order valence-electron chi connectivity index (χ1n) is 4.39. The van der Waals surface area contributed by atoms with Crippen molar-refractivity contribution in [2.24, 2.45) is 0 Å². The van der Waals surface area contributed by atoms with Crippen LogP contribution in [0, 0.1) is 12.3 Å². The molecule has 0 aromatic carbocycles. The quantitative estimate of drug-likeness (QED) is 0.479. The largest absolute Gasteiger partial charge is 0.469 e. The Morgan fingerprint density at radius 2 is 2.25 bits per heavy atom. The molecule has 0 unspecified atom stereocenters.